The van der Waals surface area contributed by atoms with Gasteiger partial charge in [0.15, 0.2) is 0 Å². The summed E-state index contributed by atoms with van der Waals surface area (Å²) < 4.78 is 11.8. The summed E-state index contributed by atoms with van der Waals surface area (Å²) in [5.41, 5.74) is 0. The second kappa shape index (κ2) is 6.34. The Balaban J connectivity index is 1.39. The number of hydrogen-bond acceptors (Lipinski definition) is 4. The molecule has 0 aromatic heterocycles. The molecule has 21 heavy (non-hydrogen) atoms. The molecular weight excluding hydrogens is 288 g/mol. The lowest BCUT2D eigenvalue weighted by molar-refractivity contribution is -0.0111. The van der Waals surface area contributed by atoms with Crippen LogP contribution in [0.4, 0.5) is 4.79 Å². The summed E-state index contributed by atoms with van der Waals surface area (Å²) in [4.78, 5) is 15.5. The molecule has 3 saturated heterocycles. The third-order valence-corrected chi connectivity index (χ3v) is 6.27. The van der Waals surface area contributed by atoms with Crippen LogP contribution >= 0.6 is 11.8 Å². The number of ether oxygens (including phenoxy) is 2. The molecule has 0 radical (unpaired) electrons. The smallest absolute Gasteiger partial charge is 0.319 e. The molecule has 0 aliphatic carbocycles. The Bertz CT molecular complexity index is 379. The van der Waals surface area contributed by atoms with Crippen LogP contribution in [0, 0.1) is 5.92 Å². The molecule has 0 saturated carbocycles. The maximum atomic E-state index is 11.9. The third-order valence-electron chi connectivity index (χ3n) is 4.69. The van der Waals surface area contributed by atoms with Crippen molar-refractivity contribution in [3.63, 3.8) is 0 Å². The highest BCUT2D eigenvalue weighted by Gasteiger charge is 2.51. The van der Waals surface area contributed by atoms with E-state index < -0.39 is 0 Å². The summed E-state index contributed by atoms with van der Waals surface area (Å²) in [5, 5.41) is 0. The molecule has 2 amide bonds. The van der Waals surface area contributed by atoms with E-state index in [0.29, 0.717) is 12.0 Å². The molecule has 0 aromatic rings. The van der Waals surface area contributed by atoms with Crippen LogP contribution < -0.4 is 0 Å². The van der Waals surface area contributed by atoms with Crippen molar-refractivity contribution in [1.82, 2.24) is 9.80 Å². The van der Waals surface area contributed by atoms with Crippen molar-refractivity contribution in [3.8, 4) is 0 Å². The van der Waals surface area contributed by atoms with E-state index in [1.807, 2.05) is 30.8 Å². The van der Waals surface area contributed by atoms with Gasteiger partial charge in [0.25, 0.3) is 0 Å². The Morgan fingerprint density at radius 1 is 1.38 bits per heavy atom. The molecule has 0 N–H and O–H groups in total. The van der Waals surface area contributed by atoms with E-state index in [0.717, 1.165) is 57.9 Å². The van der Waals surface area contributed by atoms with Gasteiger partial charge in [-0.25, -0.2) is 4.79 Å². The highest BCUT2D eigenvalue weighted by molar-refractivity contribution is 8.01. The number of rotatable bonds is 3. The first-order valence-electron chi connectivity index (χ1n) is 7.87. The quantitative estimate of drug-likeness (QED) is 0.795. The van der Waals surface area contributed by atoms with Gasteiger partial charge in [0.2, 0.25) is 0 Å². The molecule has 0 aromatic carbocycles. The lowest BCUT2D eigenvalue weighted by Crippen LogP contribution is -2.62. The second-order valence-electron chi connectivity index (χ2n) is 6.74. The first-order chi connectivity index (χ1) is 10.1. The van der Waals surface area contributed by atoms with E-state index in [1.165, 1.54) is 0 Å². The average Bonchev–Trinajstić information content (AvgIpc) is 2.88. The van der Waals surface area contributed by atoms with Gasteiger partial charge in [0.05, 0.1) is 10.9 Å². The lowest BCUT2D eigenvalue weighted by atomic mass is 9.93. The number of carbonyl (C=O) groups is 1. The van der Waals surface area contributed by atoms with Gasteiger partial charge in [0.1, 0.15) is 0 Å². The minimum Gasteiger partial charge on any atom is -0.381 e. The number of urea groups is 1. The number of hydrogen-bond donors (Lipinski definition) is 0. The highest BCUT2D eigenvalue weighted by Crippen LogP contribution is 2.46. The summed E-state index contributed by atoms with van der Waals surface area (Å²) in [5.74, 6) is 1.75. The van der Waals surface area contributed by atoms with E-state index in [-0.39, 0.29) is 10.8 Å². The van der Waals surface area contributed by atoms with Crippen LogP contribution in [-0.4, -0.2) is 79.4 Å². The Hall–Kier alpha value is -0.460. The number of carbonyl (C=O) groups excluding carboxylic acids is 1. The molecule has 120 valence electrons. The molecule has 1 atom stereocenters. The molecular formula is C15H26N2O3S. The number of thioether (sulfide) groups is 1. The van der Waals surface area contributed by atoms with Gasteiger partial charge >= 0.3 is 6.03 Å². The molecule has 3 fully saturated rings. The predicted molar refractivity (Wildman–Crippen MR) is 83.7 cm³/mol. The zero-order valence-electron chi connectivity index (χ0n) is 13.0. The van der Waals surface area contributed by atoms with Gasteiger partial charge < -0.3 is 19.3 Å². The summed E-state index contributed by atoms with van der Waals surface area (Å²) in [7, 11) is 3.63. The predicted octanol–water partition coefficient (Wildman–Crippen LogP) is 1.67. The fraction of sp³-hybridized carbons (Fsp3) is 0.933. The van der Waals surface area contributed by atoms with Crippen molar-refractivity contribution in [2.75, 3.05) is 52.8 Å². The van der Waals surface area contributed by atoms with E-state index in [1.54, 1.807) is 4.90 Å². The van der Waals surface area contributed by atoms with Crippen LogP contribution in [0.5, 0.6) is 0 Å². The summed E-state index contributed by atoms with van der Waals surface area (Å²) in [6.07, 6.45) is 3.74. The highest BCUT2D eigenvalue weighted by atomic mass is 32.2. The number of amides is 2. The molecule has 3 aliphatic rings. The van der Waals surface area contributed by atoms with Crippen molar-refractivity contribution >= 4 is 17.8 Å². The van der Waals surface area contributed by atoms with Crippen molar-refractivity contribution in [2.45, 2.75) is 30.1 Å². The largest absolute Gasteiger partial charge is 0.381 e. The lowest BCUT2D eigenvalue weighted by Gasteiger charge is -2.48. The Labute approximate surface area is 131 Å². The van der Waals surface area contributed by atoms with Gasteiger partial charge in [-0.15, -0.1) is 11.8 Å². The van der Waals surface area contributed by atoms with E-state index in [2.05, 4.69) is 0 Å². The fourth-order valence-corrected chi connectivity index (χ4v) is 4.93. The maximum absolute atomic E-state index is 11.9. The normalized spacial score (nSPS) is 28.7. The van der Waals surface area contributed by atoms with E-state index >= 15 is 0 Å². The minimum atomic E-state index is 0.132. The molecule has 1 spiro atoms. The van der Waals surface area contributed by atoms with Gasteiger partial charge in [-0.1, -0.05) is 0 Å². The van der Waals surface area contributed by atoms with Crippen molar-refractivity contribution in [2.24, 2.45) is 5.92 Å². The standard InChI is InChI=1S/C15H26N2O3S/c1-16(2)14(18)17-10-15(11-17)7-13(9-21-15)20-8-12-3-5-19-6-4-12/h12-13H,3-11H2,1-2H3/t13-/m0/s1. The van der Waals surface area contributed by atoms with Crippen LogP contribution in [0.2, 0.25) is 0 Å². The molecule has 0 bridgehead atoms. The molecule has 3 heterocycles. The summed E-state index contributed by atoms with van der Waals surface area (Å²) >= 11 is 2.00. The third kappa shape index (κ3) is 3.48. The first-order valence-corrected chi connectivity index (χ1v) is 8.86. The topological polar surface area (TPSA) is 42.0 Å². The van der Waals surface area contributed by atoms with E-state index in [9.17, 15) is 4.79 Å². The van der Waals surface area contributed by atoms with Crippen LogP contribution in [0.1, 0.15) is 19.3 Å². The van der Waals surface area contributed by atoms with Gasteiger partial charge in [-0.2, -0.15) is 0 Å². The zero-order valence-corrected chi connectivity index (χ0v) is 13.9. The number of nitrogens with zero attached hydrogens (tertiary/aromatic N) is 2. The SMILES string of the molecule is CN(C)C(=O)N1CC2(C[C@H](OCC3CCOCC3)CS2)C1. The molecule has 5 nitrogen and oxygen atoms in total. The molecule has 3 rings (SSSR count). The van der Waals surface area contributed by atoms with Crippen molar-refractivity contribution < 1.29 is 14.3 Å². The maximum Gasteiger partial charge on any atom is 0.319 e. The van der Waals surface area contributed by atoms with E-state index in [4.69, 9.17) is 9.47 Å². The first kappa shape index (κ1) is 15.4. The molecule has 0 unspecified atom stereocenters. The monoisotopic (exact) mass is 314 g/mol. The zero-order chi connectivity index (χ0) is 14.9. The van der Waals surface area contributed by atoms with Gasteiger partial charge in [-0.3, -0.25) is 0 Å². The molecule has 3 aliphatic heterocycles. The van der Waals surface area contributed by atoms with Crippen LogP contribution in [0.3, 0.4) is 0 Å². The van der Waals surface area contributed by atoms with Gasteiger partial charge in [0, 0.05) is 52.8 Å². The number of likely N-dealkylation sites (tertiary alicyclic amines) is 1. The van der Waals surface area contributed by atoms with Crippen LogP contribution in [0.15, 0.2) is 0 Å². The Kier molecular flexibility index (Phi) is 4.66. The van der Waals surface area contributed by atoms with Crippen molar-refractivity contribution in [1.29, 1.82) is 0 Å². The summed E-state index contributed by atoms with van der Waals surface area (Å²) in [6.45, 7) is 4.42. The summed E-state index contributed by atoms with van der Waals surface area (Å²) in [6, 6.07) is 0.132. The second-order valence-corrected chi connectivity index (χ2v) is 8.23. The Morgan fingerprint density at radius 2 is 2.10 bits per heavy atom. The minimum absolute atomic E-state index is 0.132. The fourth-order valence-electron chi connectivity index (χ4n) is 3.38. The average molecular weight is 314 g/mol. The van der Waals surface area contributed by atoms with Gasteiger partial charge in [-0.05, 0) is 25.2 Å². The van der Waals surface area contributed by atoms with Crippen LogP contribution in [0.25, 0.3) is 0 Å². The molecule has 6 heteroatoms. The van der Waals surface area contributed by atoms with Crippen LogP contribution in [-0.2, 0) is 9.47 Å². The van der Waals surface area contributed by atoms with Crippen molar-refractivity contribution in [3.05, 3.63) is 0 Å². The Morgan fingerprint density at radius 3 is 2.76 bits per heavy atom.